The Balaban J connectivity index is 2.35. The van der Waals surface area contributed by atoms with Crippen molar-refractivity contribution in [3.05, 3.63) is 0 Å². The molecule has 2 saturated carbocycles. The first-order chi connectivity index (χ1) is 7.75. The quantitative estimate of drug-likeness (QED) is 0.756. The van der Waals surface area contributed by atoms with E-state index in [4.69, 9.17) is 0 Å². The average molecular weight is 235 g/mol. The van der Waals surface area contributed by atoms with Crippen molar-refractivity contribution < 1.29 is 5.11 Å². The molecule has 0 saturated heterocycles. The first-order valence-corrected chi connectivity index (χ1v) is 6.88. The highest BCUT2D eigenvalue weighted by Gasteiger charge is 2.61. The minimum absolute atomic E-state index is 0.170. The maximum Gasteiger partial charge on any atom is 0.0865 e. The molecule has 1 N–H and O–H groups in total. The Morgan fingerprint density at radius 1 is 1.24 bits per heavy atom. The lowest BCUT2D eigenvalue weighted by Crippen LogP contribution is -2.48. The Hall–Kier alpha value is -0.550. The van der Waals surface area contributed by atoms with E-state index in [9.17, 15) is 10.4 Å². The van der Waals surface area contributed by atoms with Gasteiger partial charge < -0.3 is 5.11 Å². The molecule has 4 atom stereocenters. The second-order valence-corrected chi connectivity index (χ2v) is 7.41. The van der Waals surface area contributed by atoms with Crippen LogP contribution in [-0.2, 0) is 0 Å². The molecular weight excluding hydrogens is 210 g/mol. The summed E-state index contributed by atoms with van der Waals surface area (Å²) in [6.07, 6.45) is 4.65. The summed E-state index contributed by atoms with van der Waals surface area (Å²) in [6, 6.07) is 2.51. The van der Waals surface area contributed by atoms with Gasteiger partial charge in [-0.2, -0.15) is 5.26 Å². The van der Waals surface area contributed by atoms with E-state index in [0.717, 1.165) is 32.1 Å². The van der Waals surface area contributed by atoms with E-state index in [0.29, 0.717) is 5.92 Å². The molecule has 0 aromatic heterocycles. The fourth-order valence-electron chi connectivity index (χ4n) is 4.50. The van der Waals surface area contributed by atoms with Gasteiger partial charge in [-0.3, -0.25) is 0 Å². The Morgan fingerprint density at radius 2 is 1.88 bits per heavy atom. The molecule has 17 heavy (non-hydrogen) atoms. The maximum absolute atomic E-state index is 11.1. The number of hydrogen-bond acceptors (Lipinski definition) is 2. The summed E-state index contributed by atoms with van der Waals surface area (Å²) in [7, 11) is 0. The number of hydrogen-bond donors (Lipinski definition) is 1. The molecule has 0 aliphatic heterocycles. The molecule has 2 rings (SSSR count). The van der Waals surface area contributed by atoms with Crippen LogP contribution in [0.25, 0.3) is 0 Å². The highest BCUT2D eigenvalue weighted by Crippen LogP contribution is 2.60. The Labute approximate surface area is 105 Å². The standard InChI is InChI=1S/C15H25NO/c1-11-5-6-14(7-11,10-16)15(17)9-13(3,4)8-12(15)2/h11-12,17H,5-9H2,1-4H3. The SMILES string of the molecule is CC1CCC(C#N)(C2(O)CC(C)(C)CC2C)C1. The van der Waals surface area contributed by atoms with Crippen molar-refractivity contribution >= 4 is 0 Å². The second-order valence-electron chi connectivity index (χ2n) is 7.41. The van der Waals surface area contributed by atoms with Crippen molar-refractivity contribution in [2.45, 2.75) is 65.4 Å². The summed E-state index contributed by atoms with van der Waals surface area (Å²) in [5, 5.41) is 20.8. The third-order valence-electron chi connectivity index (χ3n) is 5.23. The first kappa shape index (κ1) is 12.9. The molecule has 2 fully saturated rings. The van der Waals surface area contributed by atoms with Crippen LogP contribution in [0.4, 0.5) is 0 Å². The molecule has 0 bridgehead atoms. The van der Waals surface area contributed by atoms with E-state index in [2.05, 4.69) is 33.8 Å². The van der Waals surface area contributed by atoms with Gasteiger partial charge in [0.25, 0.3) is 0 Å². The van der Waals surface area contributed by atoms with Gasteiger partial charge in [0.1, 0.15) is 0 Å². The summed E-state index contributed by atoms with van der Waals surface area (Å²) < 4.78 is 0. The molecule has 2 heteroatoms. The van der Waals surface area contributed by atoms with Gasteiger partial charge in [-0.05, 0) is 49.4 Å². The number of aliphatic hydroxyl groups is 1. The fraction of sp³-hybridized carbons (Fsp3) is 0.933. The topological polar surface area (TPSA) is 44.0 Å². The van der Waals surface area contributed by atoms with Gasteiger partial charge in [-0.1, -0.05) is 27.7 Å². The van der Waals surface area contributed by atoms with Crippen molar-refractivity contribution in [3.63, 3.8) is 0 Å². The largest absolute Gasteiger partial charge is 0.388 e. The molecule has 2 aliphatic carbocycles. The average Bonchev–Trinajstić information content (AvgIpc) is 2.68. The predicted molar refractivity (Wildman–Crippen MR) is 68.2 cm³/mol. The van der Waals surface area contributed by atoms with E-state index in [1.54, 1.807) is 0 Å². The Bertz CT molecular complexity index is 356. The van der Waals surface area contributed by atoms with E-state index in [1.807, 2.05) is 0 Å². The van der Waals surface area contributed by atoms with Gasteiger partial charge in [0.05, 0.1) is 17.1 Å². The van der Waals surface area contributed by atoms with Crippen LogP contribution in [0.15, 0.2) is 0 Å². The molecule has 0 spiro atoms. The van der Waals surface area contributed by atoms with Crippen LogP contribution in [0.3, 0.4) is 0 Å². The van der Waals surface area contributed by atoms with Crippen LogP contribution in [0, 0.1) is 34.0 Å². The fourth-order valence-corrected chi connectivity index (χ4v) is 4.50. The molecular formula is C15H25NO. The smallest absolute Gasteiger partial charge is 0.0865 e. The van der Waals surface area contributed by atoms with Crippen LogP contribution in [-0.4, -0.2) is 10.7 Å². The molecule has 0 aromatic carbocycles. The monoisotopic (exact) mass is 235 g/mol. The maximum atomic E-state index is 11.1. The van der Waals surface area contributed by atoms with Gasteiger partial charge >= 0.3 is 0 Å². The Kier molecular flexibility index (Phi) is 2.82. The summed E-state index contributed by atoms with van der Waals surface area (Å²) in [5.74, 6) is 0.817. The number of nitrogens with zero attached hydrogens (tertiary/aromatic N) is 1. The highest BCUT2D eigenvalue weighted by molar-refractivity contribution is 5.19. The van der Waals surface area contributed by atoms with E-state index in [-0.39, 0.29) is 11.3 Å². The molecule has 0 heterocycles. The lowest BCUT2D eigenvalue weighted by Gasteiger charge is -2.41. The lowest BCUT2D eigenvalue weighted by atomic mass is 9.66. The molecule has 0 aromatic rings. The third-order valence-corrected chi connectivity index (χ3v) is 5.23. The predicted octanol–water partition coefficient (Wildman–Crippen LogP) is 3.50. The van der Waals surface area contributed by atoms with Crippen molar-refractivity contribution in [2.75, 3.05) is 0 Å². The van der Waals surface area contributed by atoms with E-state index < -0.39 is 11.0 Å². The van der Waals surface area contributed by atoms with E-state index >= 15 is 0 Å². The zero-order valence-electron chi connectivity index (χ0n) is 11.6. The second kappa shape index (κ2) is 3.72. The zero-order chi connectivity index (χ0) is 12.9. The molecule has 0 radical (unpaired) electrons. The van der Waals surface area contributed by atoms with Gasteiger partial charge in [-0.15, -0.1) is 0 Å². The molecule has 96 valence electrons. The van der Waals surface area contributed by atoms with Gasteiger partial charge in [0.15, 0.2) is 0 Å². The Morgan fingerprint density at radius 3 is 2.24 bits per heavy atom. The minimum atomic E-state index is -0.768. The minimum Gasteiger partial charge on any atom is -0.388 e. The first-order valence-electron chi connectivity index (χ1n) is 6.88. The van der Waals surface area contributed by atoms with Crippen LogP contribution in [0.1, 0.15) is 59.8 Å². The van der Waals surface area contributed by atoms with Crippen LogP contribution in [0.5, 0.6) is 0 Å². The van der Waals surface area contributed by atoms with Crippen LogP contribution < -0.4 is 0 Å². The third kappa shape index (κ3) is 1.80. The van der Waals surface area contributed by atoms with E-state index in [1.165, 1.54) is 0 Å². The number of nitriles is 1. The summed E-state index contributed by atoms with van der Waals surface area (Å²) in [5.41, 5.74) is -1.08. The van der Waals surface area contributed by atoms with Crippen LogP contribution >= 0.6 is 0 Å². The molecule has 0 amide bonds. The molecule has 2 nitrogen and oxygen atoms in total. The highest BCUT2D eigenvalue weighted by atomic mass is 16.3. The summed E-state index contributed by atoms with van der Waals surface area (Å²) >= 11 is 0. The van der Waals surface area contributed by atoms with Gasteiger partial charge in [0, 0.05) is 0 Å². The molecule has 4 unspecified atom stereocenters. The van der Waals surface area contributed by atoms with Crippen LogP contribution in [0.2, 0.25) is 0 Å². The van der Waals surface area contributed by atoms with Crippen molar-refractivity contribution in [1.82, 2.24) is 0 Å². The number of rotatable bonds is 1. The van der Waals surface area contributed by atoms with Gasteiger partial charge in [-0.25, -0.2) is 0 Å². The normalized spacial score (nSPS) is 49.2. The van der Waals surface area contributed by atoms with Crippen molar-refractivity contribution in [2.24, 2.45) is 22.7 Å². The summed E-state index contributed by atoms with van der Waals surface area (Å²) in [4.78, 5) is 0. The summed E-state index contributed by atoms with van der Waals surface area (Å²) in [6.45, 7) is 8.75. The zero-order valence-corrected chi connectivity index (χ0v) is 11.6. The van der Waals surface area contributed by atoms with Crippen molar-refractivity contribution in [3.8, 4) is 6.07 Å². The molecule has 2 aliphatic rings. The van der Waals surface area contributed by atoms with Crippen molar-refractivity contribution in [1.29, 1.82) is 5.26 Å². The lowest BCUT2D eigenvalue weighted by molar-refractivity contribution is -0.0836. The van der Waals surface area contributed by atoms with Gasteiger partial charge in [0.2, 0.25) is 0 Å².